The van der Waals surface area contributed by atoms with Gasteiger partial charge in [0.15, 0.2) is 0 Å². The molecule has 134 valence electrons. The molecule has 2 fully saturated rings. The lowest BCUT2D eigenvalue weighted by atomic mass is 9.93. The van der Waals surface area contributed by atoms with Crippen LogP contribution in [0.2, 0.25) is 0 Å². The largest absolute Gasteiger partial charge is 0.375 e. The number of hydrogen-bond acceptors (Lipinski definition) is 5. The Morgan fingerprint density at radius 1 is 1.16 bits per heavy atom. The number of hydrogen-bond donors (Lipinski definition) is 0. The molecule has 0 aromatic carbocycles. The van der Waals surface area contributed by atoms with E-state index < -0.39 is 0 Å². The highest BCUT2D eigenvalue weighted by molar-refractivity contribution is 7.11. The second-order valence-corrected chi connectivity index (χ2v) is 8.67. The van der Waals surface area contributed by atoms with E-state index in [1.54, 1.807) is 0 Å². The van der Waals surface area contributed by atoms with Crippen molar-refractivity contribution in [3.63, 3.8) is 0 Å². The second-order valence-electron chi connectivity index (χ2n) is 7.30. The lowest BCUT2D eigenvalue weighted by Crippen LogP contribution is -2.46. The molecule has 2 aliphatic rings. The van der Waals surface area contributed by atoms with Gasteiger partial charge in [-0.15, -0.1) is 11.3 Å². The zero-order valence-corrected chi connectivity index (χ0v) is 15.8. The number of piperidine rings is 1. The van der Waals surface area contributed by atoms with Gasteiger partial charge in [-0.1, -0.05) is 6.07 Å². The summed E-state index contributed by atoms with van der Waals surface area (Å²) < 4.78 is 6.25. The predicted octanol–water partition coefficient (Wildman–Crippen LogP) is 3.17. The number of ether oxygens (including phenoxy) is 1. The maximum Gasteiger partial charge on any atom is 0.0743 e. The van der Waals surface area contributed by atoms with E-state index >= 15 is 0 Å². The predicted molar refractivity (Wildman–Crippen MR) is 102 cm³/mol. The first-order valence-electron chi connectivity index (χ1n) is 9.27. The van der Waals surface area contributed by atoms with Crippen molar-refractivity contribution in [2.45, 2.75) is 32.5 Å². The minimum Gasteiger partial charge on any atom is -0.375 e. The van der Waals surface area contributed by atoms with Gasteiger partial charge in [-0.05, 0) is 43.7 Å². The molecule has 25 heavy (non-hydrogen) atoms. The zero-order chi connectivity index (χ0) is 17.1. The van der Waals surface area contributed by atoms with E-state index in [-0.39, 0.29) is 0 Å². The van der Waals surface area contributed by atoms with E-state index in [0.29, 0.717) is 12.0 Å². The number of aryl methyl sites for hydroxylation is 1. The Labute approximate surface area is 154 Å². The molecule has 0 aliphatic carbocycles. The topological polar surface area (TPSA) is 28.6 Å². The van der Waals surface area contributed by atoms with Crippen LogP contribution in [0, 0.1) is 12.8 Å². The van der Waals surface area contributed by atoms with Crippen molar-refractivity contribution in [1.82, 2.24) is 14.8 Å². The van der Waals surface area contributed by atoms with Crippen LogP contribution >= 0.6 is 11.3 Å². The van der Waals surface area contributed by atoms with Gasteiger partial charge in [0, 0.05) is 60.8 Å². The Bertz CT molecular complexity index is 675. The van der Waals surface area contributed by atoms with Crippen molar-refractivity contribution in [2.24, 2.45) is 5.92 Å². The summed E-state index contributed by atoms with van der Waals surface area (Å²) in [6.07, 6.45) is 5.44. The molecule has 2 saturated heterocycles. The van der Waals surface area contributed by atoms with Crippen LogP contribution in [0.1, 0.15) is 21.7 Å². The minimum absolute atomic E-state index is 0.383. The Hall–Kier alpha value is -1.27. The molecule has 0 bridgehead atoms. The van der Waals surface area contributed by atoms with Gasteiger partial charge in [-0.3, -0.25) is 14.8 Å². The van der Waals surface area contributed by atoms with Gasteiger partial charge in [0.05, 0.1) is 12.7 Å². The lowest BCUT2D eigenvalue weighted by Gasteiger charge is -2.37. The van der Waals surface area contributed by atoms with Crippen LogP contribution < -0.4 is 0 Å². The highest BCUT2D eigenvalue weighted by atomic mass is 32.1. The average Bonchev–Trinajstić information content (AvgIpc) is 2.91. The molecule has 2 aromatic rings. The van der Waals surface area contributed by atoms with Gasteiger partial charge >= 0.3 is 0 Å². The highest BCUT2D eigenvalue weighted by Crippen LogP contribution is 2.27. The fourth-order valence-corrected chi connectivity index (χ4v) is 4.94. The third kappa shape index (κ3) is 4.47. The maximum absolute atomic E-state index is 6.25. The van der Waals surface area contributed by atoms with Gasteiger partial charge < -0.3 is 4.74 Å². The highest BCUT2D eigenvalue weighted by Gasteiger charge is 2.33. The molecular formula is C20H27N3OS. The molecule has 0 amide bonds. The summed E-state index contributed by atoms with van der Waals surface area (Å²) >= 11 is 1.92. The van der Waals surface area contributed by atoms with Crippen LogP contribution in [0.3, 0.4) is 0 Å². The number of pyridine rings is 1. The summed E-state index contributed by atoms with van der Waals surface area (Å²) in [5.74, 6) is 0.653. The Kier molecular flexibility index (Phi) is 5.46. The molecular weight excluding hydrogens is 330 g/mol. The minimum atomic E-state index is 0.383. The summed E-state index contributed by atoms with van der Waals surface area (Å²) in [7, 11) is 0. The molecule has 0 N–H and O–H groups in total. The first kappa shape index (κ1) is 17.2. The molecule has 0 spiro atoms. The van der Waals surface area contributed by atoms with Crippen LogP contribution in [0.25, 0.3) is 0 Å². The summed E-state index contributed by atoms with van der Waals surface area (Å²) in [4.78, 5) is 12.2. The molecule has 4 nitrogen and oxygen atoms in total. The molecule has 4 heterocycles. The van der Waals surface area contributed by atoms with Crippen molar-refractivity contribution < 1.29 is 4.74 Å². The van der Waals surface area contributed by atoms with E-state index in [4.69, 9.17) is 4.74 Å². The molecule has 0 saturated carbocycles. The molecule has 5 heteroatoms. The van der Waals surface area contributed by atoms with Crippen molar-refractivity contribution in [2.75, 3.05) is 32.8 Å². The van der Waals surface area contributed by atoms with Gasteiger partial charge in [0.2, 0.25) is 0 Å². The second kappa shape index (κ2) is 7.96. The smallest absolute Gasteiger partial charge is 0.0743 e. The Morgan fingerprint density at radius 2 is 2.08 bits per heavy atom. The number of nitrogens with zero attached hydrogens (tertiary/aromatic N) is 3. The van der Waals surface area contributed by atoms with Gasteiger partial charge in [0.25, 0.3) is 0 Å². The van der Waals surface area contributed by atoms with E-state index in [1.165, 1.54) is 28.3 Å². The molecule has 0 radical (unpaired) electrons. The zero-order valence-electron chi connectivity index (χ0n) is 14.9. The first-order chi connectivity index (χ1) is 12.3. The molecule has 2 aliphatic heterocycles. The van der Waals surface area contributed by atoms with Crippen molar-refractivity contribution >= 4 is 11.3 Å². The number of rotatable bonds is 4. The van der Waals surface area contributed by atoms with E-state index in [2.05, 4.69) is 39.9 Å². The van der Waals surface area contributed by atoms with Crippen LogP contribution in [-0.4, -0.2) is 53.7 Å². The third-order valence-electron chi connectivity index (χ3n) is 5.32. The van der Waals surface area contributed by atoms with Crippen LogP contribution in [0.4, 0.5) is 0 Å². The quantitative estimate of drug-likeness (QED) is 0.840. The molecule has 0 unspecified atom stereocenters. The van der Waals surface area contributed by atoms with Crippen molar-refractivity contribution in [3.8, 4) is 0 Å². The number of fused-ring (bicyclic) bond motifs is 1. The standard InChI is InChI=1S/C20H27N3OS/c1-16-4-5-19(25-16)14-22-8-6-18-13-23(9-10-24-20(18)15-22)12-17-3-2-7-21-11-17/h2-5,7,11,18,20H,6,8-10,12-15H2,1H3/t18-,20-/m0/s1. The molecule has 4 rings (SSSR count). The summed E-state index contributed by atoms with van der Waals surface area (Å²) in [5.41, 5.74) is 1.30. The third-order valence-corrected chi connectivity index (χ3v) is 6.30. The Morgan fingerprint density at radius 3 is 2.88 bits per heavy atom. The van der Waals surface area contributed by atoms with Gasteiger partial charge in [-0.25, -0.2) is 0 Å². The monoisotopic (exact) mass is 357 g/mol. The maximum atomic E-state index is 6.25. The molecule has 2 aromatic heterocycles. The van der Waals surface area contributed by atoms with E-state index in [0.717, 1.165) is 39.3 Å². The van der Waals surface area contributed by atoms with Gasteiger partial charge in [-0.2, -0.15) is 0 Å². The fourth-order valence-electron chi connectivity index (χ4n) is 4.01. The Balaban J connectivity index is 1.34. The van der Waals surface area contributed by atoms with Crippen LogP contribution in [0.15, 0.2) is 36.7 Å². The average molecular weight is 358 g/mol. The van der Waals surface area contributed by atoms with Crippen molar-refractivity contribution in [3.05, 3.63) is 52.0 Å². The molecule has 2 atom stereocenters. The number of aromatic nitrogens is 1. The van der Waals surface area contributed by atoms with E-state index in [9.17, 15) is 0 Å². The van der Waals surface area contributed by atoms with Crippen molar-refractivity contribution in [1.29, 1.82) is 0 Å². The number of thiophene rings is 1. The SMILES string of the molecule is Cc1ccc(CN2CC[C@H]3CN(Cc4cccnc4)CCO[C@H]3C2)s1. The summed E-state index contributed by atoms with van der Waals surface area (Å²) in [5, 5.41) is 0. The fraction of sp³-hybridized carbons (Fsp3) is 0.550. The summed E-state index contributed by atoms with van der Waals surface area (Å²) in [6.45, 7) is 9.50. The summed E-state index contributed by atoms with van der Waals surface area (Å²) in [6, 6.07) is 8.69. The lowest BCUT2D eigenvalue weighted by molar-refractivity contribution is -0.0239. The first-order valence-corrected chi connectivity index (χ1v) is 10.1. The normalized spacial score (nSPS) is 25.5. The van der Waals surface area contributed by atoms with E-state index in [1.807, 2.05) is 29.8 Å². The van der Waals surface area contributed by atoms with Crippen LogP contribution in [-0.2, 0) is 17.8 Å². The van der Waals surface area contributed by atoms with Crippen LogP contribution in [0.5, 0.6) is 0 Å². The van der Waals surface area contributed by atoms with Gasteiger partial charge in [0.1, 0.15) is 0 Å². The number of likely N-dealkylation sites (tertiary alicyclic amines) is 1.